The van der Waals surface area contributed by atoms with Crippen molar-refractivity contribution in [3.63, 3.8) is 0 Å². The summed E-state index contributed by atoms with van der Waals surface area (Å²) in [5.74, 6) is -1.38. The number of H-pyrrole nitrogens is 1. The van der Waals surface area contributed by atoms with Gasteiger partial charge in [0.05, 0.1) is 15.8 Å². The van der Waals surface area contributed by atoms with Crippen LogP contribution in [0.15, 0.2) is 42.6 Å². The molecule has 1 aliphatic rings. The molecular formula is C22H21ClN4O6. The van der Waals surface area contributed by atoms with Gasteiger partial charge in [0, 0.05) is 44.2 Å². The molecule has 33 heavy (non-hydrogen) atoms. The number of likely N-dealkylation sites (N-methyl/N-ethyl adjacent to an activating group) is 2. The lowest BCUT2D eigenvalue weighted by atomic mass is 9.92. The molecule has 11 heteroatoms. The van der Waals surface area contributed by atoms with Crippen LogP contribution in [0.4, 0.5) is 5.69 Å². The fourth-order valence-corrected chi connectivity index (χ4v) is 4.59. The van der Waals surface area contributed by atoms with E-state index in [2.05, 4.69) is 4.98 Å². The zero-order chi connectivity index (χ0) is 24.1. The molecule has 0 aliphatic carbocycles. The number of aliphatic hydroxyl groups is 1. The molecule has 10 nitrogen and oxygen atoms in total. The first-order chi connectivity index (χ1) is 15.5. The van der Waals surface area contributed by atoms with Crippen LogP contribution in [-0.4, -0.2) is 67.6 Å². The number of amides is 2. The Morgan fingerprint density at radius 2 is 1.97 bits per heavy atom. The van der Waals surface area contributed by atoms with E-state index >= 15 is 0 Å². The summed E-state index contributed by atoms with van der Waals surface area (Å²) < 4.78 is 0. The van der Waals surface area contributed by atoms with E-state index in [1.165, 1.54) is 38.4 Å². The third-order valence-electron chi connectivity index (χ3n) is 6.07. The van der Waals surface area contributed by atoms with E-state index < -0.39 is 28.5 Å². The van der Waals surface area contributed by atoms with Gasteiger partial charge in [-0.05, 0) is 35.4 Å². The number of aromatic amines is 1. The number of carbonyl (C=O) groups is 2. The summed E-state index contributed by atoms with van der Waals surface area (Å²) in [6.07, 6.45) is 1.32. The van der Waals surface area contributed by atoms with Crippen molar-refractivity contribution < 1.29 is 24.7 Å². The summed E-state index contributed by atoms with van der Waals surface area (Å²) in [6.45, 7) is 0. The number of benzene rings is 2. The van der Waals surface area contributed by atoms with Crippen molar-refractivity contribution in [3.8, 4) is 5.75 Å². The highest BCUT2D eigenvalue weighted by molar-refractivity contribution is 6.30. The number of nitro groups is 1. The number of phenolic OH excluding ortho intramolecular Hbond substituents is 1. The van der Waals surface area contributed by atoms with E-state index in [1.807, 2.05) is 0 Å². The third kappa shape index (κ3) is 3.77. The van der Waals surface area contributed by atoms with Crippen LogP contribution in [0.3, 0.4) is 0 Å². The Hall–Kier alpha value is -3.63. The smallest absolute Gasteiger partial charge is 0.279 e. The van der Waals surface area contributed by atoms with E-state index in [9.17, 15) is 29.9 Å². The molecule has 2 aromatic carbocycles. The van der Waals surface area contributed by atoms with Gasteiger partial charge in [0.2, 0.25) is 11.6 Å². The average molecular weight is 473 g/mol. The maximum absolute atomic E-state index is 13.3. The number of nitrogens with one attached hydrogen (secondary N) is 1. The summed E-state index contributed by atoms with van der Waals surface area (Å²) >= 11 is 5.96. The molecule has 172 valence electrons. The largest absolute Gasteiger partial charge is 0.508 e. The van der Waals surface area contributed by atoms with Crippen molar-refractivity contribution in [2.45, 2.75) is 24.6 Å². The molecule has 0 bridgehead atoms. The first-order valence-electron chi connectivity index (χ1n) is 10.0. The van der Waals surface area contributed by atoms with Gasteiger partial charge in [-0.25, -0.2) is 0 Å². The monoisotopic (exact) mass is 472 g/mol. The Bertz CT molecular complexity index is 1270. The Morgan fingerprint density at radius 3 is 2.64 bits per heavy atom. The molecule has 2 atom stereocenters. The highest BCUT2D eigenvalue weighted by atomic mass is 35.5. The zero-order valence-corrected chi connectivity index (χ0v) is 18.5. The number of phenols is 1. The number of hydrogen-bond acceptors (Lipinski definition) is 6. The predicted octanol–water partition coefficient (Wildman–Crippen LogP) is 2.21. The number of nitrogens with zero attached hydrogens (tertiary/aromatic N) is 3. The first-order valence-corrected chi connectivity index (χ1v) is 10.4. The fraction of sp³-hybridized carbons (Fsp3) is 0.273. The summed E-state index contributed by atoms with van der Waals surface area (Å²) in [5, 5.41) is 33.1. The third-order valence-corrected chi connectivity index (χ3v) is 6.29. The molecular weight excluding hydrogens is 452 g/mol. The lowest BCUT2D eigenvalue weighted by Crippen LogP contribution is -2.70. The molecule has 1 saturated heterocycles. The predicted molar refractivity (Wildman–Crippen MR) is 120 cm³/mol. The Morgan fingerprint density at radius 1 is 1.24 bits per heavy atom. The number of aromatic nitrogens is 1. The number of hydrogen-bond donors (Lipinski definition) is 3. The van der Waals surface area contributed by atoms with E-state index in [4.69, 9.17) is 11.6 Å². The SMILES string of the molecule is CN1C(=O)[C@](O)(Cc2cc(O)cc(Cl)c2)N(C)C(=O)[C@@H]1Cc1c[nH]c2cccc([N+](=O)[O-])c12. The summed E-state index contributed by atoms with van der Waals surface area (Å²) in [7, 11) is 2.73. The van der Waals surface area contributed by atoms with Crippen molar-refractivity contribution in [1.82, 2.24) is 14.8 Å². The number of nitro benzene ring substituents is 1. The van der Waals surface area contributed by atoms with Gasteiger partial charge < -0.3 is 25.0 Å². The van der Waals surface area contributed by atoms with Crippen LogP contribution < -0.4 is 0 Å². The lowest BCUT2D eigenvalue weighted by molar-refractivity contribution is -0.383. The number of carbonyl (C=O) groups excluding carboxylic acids is 2. The second-order valence-corrected chi connectivity index (χ2v) is 8.55. The molecule has 2 amide bonds. The molecule has 2 heterocycles. The van der Waals surface area contributed by atoms with Crippen molar-refractivity contribution in [3.05, 3.63) is 68.9 Å². The van der Waals surface area contributed by atoms with Crippen molar-refractivity contribution in [1.29, 1.82) is 0 Å². The number of aromatic hydroxyl groups is 1. The molecule has 1 fully saturated rings. The quantitative estimate of drug-likeness (QED) is 0.384. The Labute approximate surface area is 193 Å². The first kappa shape index (κ1) is 22.6. The molecule has 3 N–H and O–H groups in total. The van der Waals surface area contributed by atoms with Crippen LogP contribution in [0.1, 0.15) is 11.1 Å². The maximum Gasteiger partial charge on any atom is 0.279 e. The normalized spacial score (nSPS) is 21.2. The van der Waals surface area contributed by atoms with Crippen LogP contribution in [0.2, 0.25) is 5.02 Å². The maximum atomic E-state index is 13.3. The highest BCUT2D eigenvalue weighted by Gasteiger charge is 2.53. The average Bonchev–Trinajstić information content (AvgIpc) is 3.16. The summed E-state index contributed by atoms with van der Waals surface area (Å²) in [4.78, 5) is 42.6. The van der Waals surface area contributed by atoms with E-state index in [0.717, 1.165) is 9.80 Å². The number of non-ortho nitro benzene ring substituents is 1. The number of fused-ring (bicyclic) bond motifs is 1. The molecule has 4 rings (SSSR count). The number of rotatable bonds is 5. The Balaban J connectivity index is 1.66. The standard InChI is InChI=1S/C22H21ClN4O6/c1-25-18(8-13-11-24-16-4-3-5-17(19(13)16)27(32)33)20(29)26(2)22(31,21(25)30)10-12-6-14(23)9-15(28)7-12/h3-7,9,11,18,24,28,31H,8,10H2,1-2H3/t18-,22+/m0/s1. The molecule has 1 aliphatic heterocycles. The fourth-order valence-electron chi connectivity index (χ4n) is 4.33. The van der Waals surface area contributed by atoms with E-state index in [0.29, 0.717) is 22.0 Å². The van der Waals surface area contributed by atoms with Gasteiger partial charge in [0.1, 0.15) is 11.8 Å². The van der Waals surface area contributed by atoms with Crippen LogP contribution >= 0.6 is 11.6 Å². The zero-order valence-electron chi connectivity index (χ0n) is 17.8. The minimum atomic E-state index is -2.19. The minimum absolute atomic E-state index is 0.0182. The van der Waals surface area contributed by atoms with Gasteiger partial charge in [-0.15, -0.1) is 0 Å². The van der Waals surface area contributed by atoms with Crippen LogP contribution in [-0.2, 0) is 22.4 Å². The van der Waals surface area contributed by atoms with Crippen LogP contribution in [0.5, 0.6) is 5.75 Å². The van der Waals surface area contributed by atoms with Gasteiger partial charge in [0.15, 0.2) is 0 Å². The molecule has 0 unspecified atom stereocenters. The number of halogens is 1. The number of piperazine rings is 1. The second kappa shape index (κ2) is 8.05. The van der Waals surface area contributed by atoms with E-state index in [-0.39, 0.29) is 29.3 Å². The highest BCUT2D eigenvalue weighted by Crippen LogP contribution is 2.33. The van der Waals surface area contributed by atoms with Gasteiger partial charge in [0.25, 0.3) is 11.6 Å². The molecule has 0 saturated carbocycles. The second-order valence-electron chi connectivity index (χ2n) is 8.12. The molecule has 3 aromatic rings. The Kier molecular flexibility index (Phi) is 5.51. The lowest BCUT2D eigenvalue weighted by Gasteiger charge is -2.47. The van der Waals surface area contributed by atoms with Gasteiger partial charge >= 0.3 is 0 Å². The molecule has 1 aromatic heterocycles. The minimum Gasteiger partial charge on any atom is -0.508 e. The van der Waals surface area contributed by atoms with Crippen LogP contribution in [0, 0.1) is 10.1 Å². The molecule has 0 spiro atoms. The molecule has 0 radical (unpaired) electrons. The van der Waals surface area contributed by atoms with Gasteiger partial charge in [-0.3, -0.25) is 19.7 Å². The summed E-state index contributed by atoms with van der Waals surface area (Å²) in [6, 6.07) is 7.80. The van der Waals surface area contributed by atoms with Crippen molar-refractivity contribution in [2.75, 3.05) is 14.1 Å². The van der Waals surface area contributed by atoms with Crippen molar-refractivity contribution >= 4 is 40.0 Å². The van der Waals surface area contributed by atoms with Crippen LogP contribution in [0.25, 0.3) is 10.9 Å². The van der Waals surface area contributed by atoms with Gasteiger partial charge in [-0.2, -0.15) is 0 Å². The summed E-state index contributed by atoms with van der Waals surface area (Å²) in [5.41, 5.74) is -0.872. The van der Waals surface area contributed by atoms with Crippen molar-refractivity contribution in [2.24, 2.45) is 0 Å². The topological polar surface area (TPSA) is 140 Å². The van der Waals surface area contributed by atoms with Gasteiger partial charge in [-0.1, -0.05) is 17.7 Å². The van der Waals surface area contributed by atoms with E-state index in [1.54, 1.807) is 18.3 Å².